The Kier molecular flexibility index (Phi) is 5.48. The summed E-state index contributed by atoms with van der Waals surface area (Å²) in [5.41, 5.74) is 4.32. The standard InChI is InChI=1S/C23H30O2/c1-4-5-18-6-8-19(9-7-18)20-12-14-23(24,15-13-20)22-11-10-21(25-3)16-17(22)2/h6-11,16,20,24H,4-5,12-15H2,1-3H3. The van der Waals surface area contributed by atoms with E-state index in [1.165, 1.54) is 17.5 Å². The van der Waals surface area contributed by atoms with E-state index in [0.717, 1.165) is 49.0 Å². The third-order valence-electron chi connectivity index (χ3n) is 5.74. The molecule has 1 N–H and O–H groups in total. The molecule has 25 heavy (non-hydrogen) atoms. The average molecular weight is 338 g/mol. The van der Waals surface area contributed by atoms with Crippen LogP contribution in [0.5, 0.6) is 5.75 Å². The third kappa shape index (κ3) is 3.90. The van der Waals surface area contributed by atoms with Gasteiger partial charge in [0.2, 0.25) is 0 Å². The zero-order chi connectivity index (χ0) is 17.9. The lowest BCUT2D eigenvalue weighted by atomic mass is 9.72. The number of methoxy groups -OCH3 is 1. The minimum Gasteiger partial charge on any atom is -0.497 e. The second-order valence-corrected chi connectivity index (χ2v) is 7.48. The Hall–Kier alpha value is -1.80. The first-order chi connectivity index (χ1) is 12.1. The van der Waals surface area contributed by atoms with Crippen LogP contribution in [0.1, 0.15) is 67.2 Å². The van der Waals surface area contributed by atoms with Gasteiger partial charge in [0.1, 0.15) is 5.75 Å². The predicted molar refractivity (Wildman–Crippen MR) is 103 cm³/mol. The van der Waals surface area contributed by atoms with Crippen molar-refractivity contribution < 1.29 is 9.84 Å². The van der Waals surface area contributed by atoms with Crippen LogP contribution in [-0.2, 0) is 12.0 Å². The number of aliphatic hydroxyl groups is 1. The van der Waals surface area contributed by atoms with Crippen LogP contribution in [0.3, 0.4) is 0 Å². The second-order valence-electron chi connectivity index (χ2n) is 7.48. The maximum atomic E-state index is 11.2. The van der Waals surface area contributed by atoms with Crippen molar-refractivity contribution in [3.8, 4) is 5.75 Å². The predicted octanol–water partition coefficient (Wildman–Crippen LogP) is 5.50. The molecule has 0 bridgehead atoms. The molecule has 2 aromatic carbocycles. The molecule has 0 unspecified atom stereocenters. The Balaban J connectivity index is 1.70. The molecule has 2 nitrogen and oxygen atoms in total. The van der Waals surface area contributed by atoms with Gasteiger partial charge < -0.3 is 9.84 Å². The Bertz CT molecular complexity index is 695. The highest BCUT2D eigenvalue weighted by molar-refractivity contribution is 5.39. The highest BCUT2D eigenvalue weighted by Crippen LogP contribution is 2.44. The molecule has 134 valence electrons. The lowest BCUT2D eigenvalue weighted by Gasteiger charge is -2.37. The summed E-state index contributed by atoms with van der Waals surface area (Å²) in [6, 6.07) is 15.1. The van der Waals surface area contributed by atoms with Gasteiger partial charge in [0.05, 0.1) is 12.7 Å². The van der Waals surface area contributed by atoms with Gasteiger partial charge in [-0.2, -0.15) is 0 Å². The average Bonchev–Trinajstić information content (AvgIpc) is 2.63. The van der Waals surface area contributed by atoms with Crippen molar-refractivity contribution in [2.75, 3.05) is 7.11 Å². The summed E-state index contributed by atoms with van der Waals surface area (Å²) >= 11 is 0. The largest absolute Gasteiger partial charge is 0.497 e. The van der Waals surface area contributed by atoms with Gasteiger partial charge in [-0.05, 0) is 79.3 Å². The minimum absolute atomic E-state index is 0.564. The Morgan fingerprint density at radius 1 is 1.08 bits per heavy atom. The number of rotatable bonds is 5. The zero-order valence-corrected chi connectivity index (χ0v) is 15.7. The fourth-order valence-corrected chi connectivity index (χ4v) is 4.23. The molecule has 0 heterocycles. The maximum absolute atomic E-state index is 11.2. The minimum atomic E-state index is -0.699. The summed E-state index contributed by atoms with van der Waals surface area (Å²) in [6.07, 6.45) is 6.06. The first kappa shape index (κ1) is 18.0. The number of aryl methyl sites for hydroxylation is 2. The summed E-state index contributed by atoms with van der Waals surface area (Å²) in [7, 11) is 1.68. The van der Waals surface area contributed by atoms with E-state index in [4.69, 9.17) is 4.74 Å². The Morgan fingerprint density at radius 2 is 1.76 bits per heavy atom. The van der Waals surface area contributed by atoms with Crippen molar-refractivity contribution in [1.82, 2.24) is 0 Å². The van der Waals surface area contributed by atoms with Crippen LogP contribution in [0.25, 0.3) is 0 Å². The smallest absolute Gasteiger partial charge is 0.119 e. The SMILES string of the molecule is CCCc1ccc(C2CCC(O)(c3ccc(OC)cc3C)CC2)cc1. The van der Waals surface area contributed by atoms with Crippen LogP contribution in [0.2, 0.25) is 0 Å². The maximum Gasteiger partial charge on any atom is 0.119 e. The first-order valence-electron chi connectivity index (χ1n) is 9.52. The molecule has 1 aliphatic rings. The summed E-state index contributed by atoms with van der Waals surface area (Å²) in [6.45, 7) is 4.28. The van der Waals surface area contributed by atoms with Crippen molar-refractivity contribution in [3.05, 3.63) is 64.7 Å². The summed E-state index contributed by atoms with van der Waals surface area (Å²) in [5, 5.41) is 11.2. The molecule has 2 aromatic rings. The number of hydrogen-bond donors (Lipinski definition) is 1. The second kappa shape index (κ2) is 7.61. The molecule has 0 aromatic heterocycles. The fourth-order valence-electron chi connectivity index (χ4n) is 4.23. The Morgan fingerprint density at radius 3 is 2.32 bits per heavy atom. The van der Waals surface area contributed by atoms with Gasteiger partial charge in [-0.3, -0.25) is 0 Å². The van der Waals surface area contributed by atoms with Gasteiger partial charge >= 0.3 is 0 Å². The molecule has 1 aliphatic carbocycles. The van der Waals surface area contributed by atoms with Gasteiger partial charge in [0.15, 0.2) is 0 Å². The third-order valence-corrected chi connectivity index (χ3v) is 5.74. The highest BCUT2D eigenvalue weighted by atomic mass is 16.5. The summed E-state index contributed by atoms with van der Waals surface area (Å²) in [4.78, 5) is 0. The molecule has 3 rings (SSSR count). The van der Waals surface area contributed by atoms with E-state index in [2.05, 4.69) is 38.1 Å². The van der Waals surface area contributed by atoms with Gasteiger partial charge in [-0.1, -0.05) is 43.7 Å². The molecule has 2 heteroatoms. The van der Waals surface area contributed by atoms with Crippen molar-refractivity contribution in [2.45, 2.75) is 63.9 Å². The molecule has 0 amide bonds. The molecular weight excluding hydrogens is 308 g/mol. The van der Waals surface area contributed by atoms with Gasteiger partial charge in [-0.25, -0.2) is 0 Å². The molecule has 0 saturated heterocycles. The number of hydrogen-bond acceptors (Lipinski definition) is 2. The Labute approximate surface area is 151 Å². The van der Waals surface area contributed by atoms with Crippen LogP contribution in [0.4, 0.5) is 0 Å². The van der Waals surface area contributed by atoms with Crippen LogP contribution < -0.4 is 4.74 Å². The van der Waals surface area contributed by atoms with Crippen LogP contribution in [0.15, 0.2) is 42.5 Å². The topological polar surface area (TPSA) is 29.5 Å². The molecule has 0 spiro atoms. The van der Waals surface area contributed by atoms with Crippen LogP contribution >= 0.6 is 0 Å². The molecule has 1 saturated carbocycles. The lowest BCUT2D eigenvalue weighted by Crippen LogP contribution is -2.31. The van der Waals surface area contributed by atoms with E-state index in [1.807, 2.05) is 18.2 Å². The highest BCUT2D eigenvalue weighted by Gasteiger charge is 2.36. The fraction of sp³-hybridized carbons (Fsp3) is 0.478. The van der Waals surface area contributed by atoms with E-state index in [0.29, 0.717) is 5.92 Å². The normalized spacial score (nSPS) is 23.4. The summed E-state index contributed by atoms with van der Waals surface area (Å²) in [5.74, 6) is 1.42. The van der Waals surface area contributed by atoms with E-state index in [9.17, 15) is 5.11 Å². The monoisotopic (exact) mass is 338 g/mol. The van der Waals surface area contributed by atoms with Crippen LogP contribution in [0, 0.1) is 6.92 Å². The van der Waals surface area contributed by atoms with E-state index >= 15 is 0 Å². The number of ether oxygens (including phenoxy) is 1. The molecule has 1 fully saturated rings. The molecule has 0 atom stereocenters. The van der Waals surface area contributed by atoms with Crippen molar-refractivity contribution in [2.24, 2.45) is 0 Å². The van der Waals surface area contributed by atoms with Crippen molar-refractivity contribution >= 4 is 0 Å². The van der Waals surface area contributed by atoms with Crippen molar-refractivity contribution in [3.63, 3.8) is 0 Å². The van der Waals surface area contributed by atoms with E-state index < -0.39 is 5.60 Å². The number of benzene rings is 2. The van der Waals surface area contributed by atoms with Gasteiger partial charge in [0.25, 0.3) is 0 Å². The molecular formula is C23H30O2. The zero-order valence-electron chi connectivity index (χ0n) is 15.7. The molecule has 0 aliphatic heterocycles. The lowest BCUT2D eigenvalue weighted by molar-refractivity contribution is -0.00622. The van der Waals surface area contributed by atoms with Gasteiger partial charge in [-0.15, -0.1) is 0 Å². The van der Waals surface area contributed by atoms with Crippen LogP contribution in [-0.4, -0.2) is 12.2 Å². The van der Waals surface area contributed by atoms with E-state index in [-0.39, 0.29) is 0 Å². The van der Waals surface area contributed by atoms with Gasteiger partial charge in [0, 0.05) is 0 Å². The van der Waals surface area contributed by atoms with Crippen molar-refractivity contribution in [1.29, 1.82) is 0 Å². The summed E-state index contributed by atoms with van der Waals surface area (Å²) < 4.78 is 5.29. The molecule has 0 radical (unpaired) electrons. The quantitative estimate of drug-likeness (QED) is 0.780. The van der Waals surface area contributed by atoms with E-state index in [1.54, 1.807) is 7.11 Å². The first-order valence-corrected chi connectivity index (χ1v) is 9.52.